The molecule has 0 aliphatic carbocycles. The predicted octanol–water partition coefficient (Wildman–Crippen LogP) is 1.36. The number of nitrogens with zero attached hydrogens (tertiary/aromatic N) is 3. The molecule has 1 aromatic heterocycles. The maximum Gasteiger partial charge on any atom is 0.274 e. The lowest BCUT2D eigenvalue weighted by Gasteiger charge is -2.28. The van der Waals surface area contributed by atoms with Gasteiger partial charge in [0.2, 0.25) is 0 Å². The largest absolute Gasteiger partial charge is 0.508 e. The van der Waals surface area contributed by atoms with Crippen molar-refractivity contribution in [2.45, 2.75) is 0 Å². The molecule has 0 bridgehead atoms. The van der Waals surface area contributed by atoms with E-state index in [-0.39, 0.29) is 5.75 Å². The predicted molar refractivity (Wildman–Crippen MR) is 82.5 cm³/mol. The number of anilines is 1. The van der Waals surface area contributed by atoms with Crippen LogP contribution in [0.4, 0.5) is 5.82 Å². The van der Waals surface area contributed by atoms with Gasteiger partial charge in [0.15, 0.2) is 0 Å². The van der Waals surface area contributed by atoms with Crippen LogP contribution >= 0.6 is 0 Å². The number of phenolic OH excluding ortho intramolecular Hbond substituents is 1. The lowest BCUT2D eigenvalue weighted by atomic mass is 10.2. The van der Waals surface area contributed by atoms with Gasteiger partial charge in [0.1, 0.15) is 18.8 Å². The number of H-pyrrole nitrogens is 1. The first kappa shape index (κ1) is 13.4. The fourth-order valence-corrected chi connectivity index (χ4v) is 2.39. The van der Waals surface area contributed by atoms with Crippen molar-refractivity contribution in [3.8, 4) is 5.75 Å². The third-order valence-corrected chi connectivity index (χ3v) is 3.53. The second-order valence-electron chi connectivity index (χ2n) is 5.03. The van der Waals surface area contributed by atoms with Gasteiger partial charge in [-0.3, -0.25) is 9.91 Å². The highest BCUT2D eigenvalue weighted by atomic mass is 16.3. The first-order chi connectivity index (χ1) is 10.3. The van der Waals surface area contributed by atoms with E-state index in [0.29, 0.717) is 0 Å². The number of aromatic amines is 1. The van der Waals surface area contributed by atoms with Crippen LogP contribution < -0.4 is 9.88 Å². The van der Waals surface area contributed by atoms with Gasteiger partial charge in [0, 0.05) is 6.07 Å². The van der Waals surface area contributed by atoms with Crippen molar-refractivity contribution in [3.63, 3.8) is 0 Å². The van der Waals surface area contributed by atoms with E-state index in [9.17, 15) is 5.11 Å². The molecule has 0 amide bonds. The Kier molecular flexibility index (Phi) is 4.00. The van der Waals surface area contributed by atoms with Crippen LogP contribution in [-0.4, -0.2) is 42.5 Å². The first-order valence-corrected chi connectivity index (χ1v) is 7.11. The summed E-state index contributed by atoms with van der Waals surface area (Å²) in [6, 6.07) is 13.2. The molecule has 1 fully saturated rings. The zero-order valence-corrected chi connectivity index (χ0v) is 11.8. The summed E-state index contributed by atoms with van der Waals surface area (Å²) in [4.78, 5) is 5.58. The summed E-state index contributed by atoms with van der Waals surface area (Å²) >= 11 is 0. The van der Waals surface area contributed by atoms with Gasteiger partial charge in [-0.25, -0.2) is 4.98 Å². The summed E-state index contributed by atoms with van der Waals surface area (Å²) in [5.74, 6) is 1.41. The molecule has 108 valence electrons. The SMILES string of the molecule is Oc1cccc(C=NN2CCN(c3cccc[nH+]3)CC2)c1. The van der Waals surface area contributed by atoms with E-state index in [1.165, 1.54) is 0 Å². The number of rotatable bonds is 3. The van der Waals surface area contributed by atoms with E-state index < -0.39 is 0 Å². The minimum absolute atomic E-state index is 0.267. The van der Waals surface area contributed by atoms with Gasteiger partial charge in [-0.1, -0.05) is 18.2 Å². The summed E-state index contributed by atoms with van der Waals surface area (Å²) in [7, 11) is 0. The number of hydrogen-bond acceptors (Lipinski definition) is 4. The molecule has 5 nitrogen and oxygen atoms in total. The Balaban J connectivity index is 1.56. The van der Waals surface area contributed by atoms with Crippen molar-refractivity contribution < 1.29 is 10.1 Å². The number of piperazine rings is 1. The van der Waals surface area contributed by atoms with Crippen molar-refractivity contribution in [2.24, 2.45) is 5.10 Å². The van der Waals surface area contributed by atoms with E-state index >= 15 is 0 Å². The summed E-state index contributed by atoms with van der Waals surface area (Å²) in [6.07, 6.45) is 3.74. The minimum Gasteiger partial charge on any atom is -0.508 e. The van der Waals surface area contributed by atoms with Gasteiger partial charge < -0.3 is 5.11 Å². The fraction of sp³-hybridized carbons (Fsp3) is 0.250. The number of benzene rings is 1. The van der Waals surface area contributed by atoms with Crippen molar-refractivity contribution in [1.29, 1.82) is 0 Å². The highest BCUT2D eigenvalue weighted by Gasteiger charge is 2.21. The molecule has 21 heavy (non-hydrogen) atoms. The molecule has 3 rings (SSSR count). The number of nitrogens with one attached hydrogen (secondary N) is 1. The zero-order chi connectivity index (χ0) is 14.5. The minimum atomic E-state index is 0.267. The van der Waals surface area contributed by atoms with Crippen LogP contribution in [0.5, 0.6) is 5.75 Å². The molecule has 0 atom stereocenters. The second kappa shape index (κ2) is 6.26. The highest BCUT2D eigenvalue weighted by molar-refractivity contribution is 5.79. The van der Waals surface area contributed by atoms with E-state index in [0.717, 1.165) is 37.6 Å². The van der Waals surface area contributed by atoms with Crippen LogP contribution in [0.2, 0.25) is 0 Å². The number of phenols is 1. The summed E-state index contributed by atoms with van der Waals surface area (Å²) < 4.78 is 0. The quantitative estimate of drug-likeness (QED) is 0.865. The zero-order valence-electron chi connectivity index (χ0n) is 11.8. The molecule has 1 saturated heterocycles. The Bertz CT molecular complexity index is 607. The third kappa shape index (κ3) is 3.51. The third-order valence-electron chi connectivity index (χ3n) is 3.53. The van der Waals surface area contributed by atoms with E-state index in [1.54, 1.807) is 18.3 Å². The second-order valence-corrected chi connectivity index (χ2v) is 5.03. The maximum absolute atomic E-state index is 9.43. The molecule has 2 aromatic rings. The Hall–Kier alpha value is -2.56. The fourth-order valence-electron chi connectivity index (χ4n) is 2.39. The Morgan fingerprint density at radius 3 is 2.62 bits per heavy atom. The Morgan fingerprint density at radius 1 is 1.05 bits per heavy atom. The van der Waals surface area contributed by atoms with Crippen molar-refractivity contribution in [3.05, 3.63) is 54.2 Å². The normalized spacial score (nSPS) is 15.6. The smallest absolute Gasteiger partial charge is 0.274 e. The van der Waals surface area contributed by atoms with E-state index in [2.05, 4.69) is 26.1 Å². The van der Waals surface area contributed by atoms with Gasteiger partial charge >= 0.3 is 0 Å². The number of aromatic hydroxyl groups is 1. The van der Waals surface area contributed by atoms with Crippen molar-refractivity contribution in [2.75, 3.05) is 31.1 Å². The number of pyridine rings is 1. The van der Waals surface area contributed by atoms with Crippen LogP contribution in [0.1, 0.15) is 5.56 Å². The standard InChI is InChI=1S/C16H18N4O/c21-15-5-3-4-14(12-15)13-18-20-10-8-19(9-11-20)16-6-1-2-7-17-16/h1-7,12-13,21H,8-11H2/p+1. The molecule has 0 unspecified atom stereocenters. The molecule has 0 spiro atoms. The van der Waals surface area contributed by atoms with Crippen LogP contribution in [0.15, 0.2) is 53.8 Å². The summed E-state index contributed by atoms with van der Waals surface area (Å²) in [5, 5.41) is 16.0. The van der Waals surface area contributed by atoms with Gasteiger partial charge in [0.05, 0.1) is 25.5 Å². The average Bonchev–Trinajstić information content (AvgIpc) is 2.54. The molecular weight excluding hydrogens is 264 g/mol. The van der Waals surface area contributed by atoms with Gasteiger partial charge in [-0.15, -0.1) is 0 Å². The van der Waals surface area contributed by atoms with Gasteiger partial charge in [-0.05, 0) is 23.8 Å². The Labute approximate surface area is 124 Å². The number of hydrazone groups is 1. The molecule has 1 aliphatic heterocycles. The van der Waals surface area contributed by atoms with E-state index in [1.807, 2.05) is 30.5 Å². The molecule has 1 aliphatic rings. The lowest BCUT2D eigenvalue weighted by Crippen LogP contribution is -2.45. The number of aromatic nitrogens is 1. The van der Waals surface area contributed by atoms with Crippen LogP contribution in [-0.2, 0) is 0 Å². The van der Waals surface area contributed by atoms with E-state index in [4.69, 9.17) is 0 Å². The molecule has 0 radical (unpaired) electrons. The maximum atomic E-state index is 9.43. The molecule has 5 heteroatoms. The van der Waals surface area contributed by atoms with Gasteiger partial charge in [-0.2, -0.15) is 5.10 Å². The van der Waals surface area contributed by atoms with Gasteiger partial charge in [0.25, 0.3) is 5.82 Å². The number of hydrogen-bond donors (Lipinski definition) is 1. The van der Waals surface area contributed by atoms with Crippen LogP contribution in [0.3, 0.4) is 0 Å². The molecule has 0 saturated carbocycles. The first-order valence-electron chi connectivity index (χ1n) is 7.11. The topological polar surface area (TPSA) is 53.2 Å². The van der Waals surface area contributed by atoms with Crippen LogP contribution in [0, 0.1) is 0 Å². The van der Waals surface area contributed by atoms with Crippen molar-refractivity contribution in [1.82, 2.24) is 5.01 Å². The summed E-state index contributed by atoms with van der Waals surface area (Å²) in [6.45, 7) is 3.66. The molecule has 2 heterocycles. The average molecular weight is 283 g/mol. The van der Waals surface area contributed by atoms with Crippen molar-refractivity contribution >= 4 is 12.0 Å². The molecule has 2 N–H and O–H groups in total. The molecular formula is C16H19N4O+. The molecule has 1 aromatic carbocycles. The summed E-state index contributed by atoms with van der Waals surface area (Å²) in [5.41, 5.74) is 0.911. The Morgan fingerprint density at radius 2 is 1.90 bits per heavy atom. The highest BCUT2D eigenvalue weighted by Crippen LogP contribution is 2.11. The monoisotopic (exact) mass is 283 g/mol. The lowest BCUT2D eigenvalue weighted by molar-refractivity contribution is -0.364. The van der Waals surface area contributed by atoms with Crippen LogP contribution in [0.25, 0.3) is 0 Å².